The molecule has 2 atom stereocenters. The summed E-state index contributed by atoms with van der Waals surface area (Å²) < 4.78 is 22.3. The predicted molar refractivity (Wildman–Crippen MR) is 120 cm³/mol. The molecule has 2 aromatic carbocycles. The Labute approximate surface area is 185 Å². The van der Waals surface area contributed by atoms with Crippen molar-refractivity contribution in [3.8, 4) is 17.2 Å². The van der Waals surface area contributed by atoms with E-state index in [4.69, 9.17) is 18.9 Å². The van der Waals surface area contributed by atoms with E-state index in [1.807, 2.05) is 38.4 Å². The fourth-order valence-corrected chi connectivity index (χ4v) is 4.21. The zero-order chi connectivity index (χ0) is 22.4. The monoisotopic (exact) mass is 430 g/mol. The Morgan fingerprint density at radius 1 is 1.00 bits per heavy atom. The lowest BCUT2D eigenvalue weighted by molar-refractivity contribution is -0.0961. The van der Waals surface area contributed by atoms with Gasteiger partial charge in [0.2, 0.25) is 0 Å². The minimum absolute atomic E-state index is 0.0516. The molecule has 31 heavy (non-hydrogen) atoms. The number of nitrogens with zero attached hydrogens (tertiary/aromatic N) is 2. The smallest absolute Gasteiger partial charge is 0.161 e. The zero-order valence-electron chi connectivity index (χ0n) is 19.1. The fraction of sp³-hybridized carbons (Fsp3) is 0.500. The highest BCUT2D eigenvalue weighted by molar-refractivity contribution is 5.44. The largest absolute Gasteiger partial charge is 0.496 e. The summed E-state index contributed by atoms with van der Waals surface area (Å²) in [6.45, 7) is 2.84. The highest BCUT2D eigenvalue weighted by Gasteiger charge is 2.34. The van der Waals surface area contributed by atoms with Gasteiger partial charge >= 0.3 is 0 Å². The van der Waals surface area contributed by atoms with Crippen molar-refractivity contribution in [1.82, 2.24) is 9.80 Å². The minimum Gasteiger partial charge on any atom is -0.496 e. The first kappa shape index (κ1) is 23.3. The third kappa shape index (κ3) is 5.49. The summed E-state index contributed by atoms with van der Waals surface area (Å²) in [5.41, 5.74) is 3.37. The van der Waals surface area contributed by atoms with Crippen LogP contribution >= 0.6 is 0 Å². The molecule has 0 bridgehead atoms. The van der Waals surface area contributed by atoms with Crippen molar-refractivity contribution in [2.24, 2.45) is 0 Å². The molecule has 0 aromatic heterocycles. The van der Waals surface area contributed by atoms with Crippen LogP contribution in [0.1, 0.15) is 22.7 Å². The summed E-state index contributed by atoms with van der Waals surface area (Å²) in [4.78, 5) is 4.48. The first-order valence-electron chi connectivity index (χ1n) is 10.5. The molecule has 7 heteroatoms. The van der Waals surface area contributed by atoms with E-state index < -0.39 is 0 Å². The van der Waals surface area contributed by atoms with E-state index >= 15 is 0 Å². The average Bonchev–Trinajstić information content (AvgIpc) is 2.78. The molecule has 0 radical (unpaired) electrons. The molecule has 3 rings (SSSR count). The first-order valence-corrected chi connectivity index (χ1v) is 10.5. The van der Waals surface area contributed by atoms with E-state index in [0.717, 1.165) is 36.5 Å². The molecule has 0 amide bonds. The molecule has 1 heterocycles. The van der Waals surface area contributed by atoms with E-state index in [1.165, 1.54) is 5.56 Å². The lowest BCUT2D eigenvalue weighted by Gasteiger charge is -2.41. The van der Waals surface area contributed by atoms with Crippen molar-refractivity contribution in [3.05, 3.63) is 53.1 Å². The molecule has 170 valence electrons. The van der Waals surface area contributed by atoms with Gasteiger partial charge < -0.3 is 29.0 Å². The van der Waals surface area contributed by atoms with Gasteiger partial charge in [0.1, 0.15) is 11.9 Å². The van der Waals surface area contributed by atoms with Gasteiger partial charge in [-0.3, -0.25) is 4.90 Å². The second-order valence-corrected chi connectivity index (χ2v) is 8.01. The Bertz CT molecular complexity index is 858. The van der Waals surface area contributed by atoms with Gasteiger partial charge in [-0.1, -0.05) is 12.1 Å². The van der Waals surface area contributed by atoms with E-state index in [2.05, 4.69) is 21.9 Å². The van der Waals surface area contributed by atoms with Gasteiger partial charge in [-0.25, -0.2) is 0 Å². The van der Waals surface area contributed by atoms with Crippen molar-refractivity contribution in [1.29, 1.82) is 0 Å². The lowest BCUT2D eigenvalue weighted by Crippen LogP contribution is -2.46. The Kier molecular flexibility index (Phi) is 8.15. The third-order valence-electron chi connectivity index (χ3n) is 5.60. The molecule has 0 spiro atoms. The maximum atomic E-state index is 10.0. The Morgan fingerprint density at radius 3 is 2.35 bits per heavy atom. The van der Waals surface area contributed by atoms with E-state index in [0.29, 0.717) is 18.1 Å². The number of hydrogen-bond donors (Lipinski definition) is 1. The number of morpholine rings is 1. The highest BCUT2D eigenvalue weighted by Crippen LogP contribution is 2.36. The topological polar surface area (TPSA) is 63.6 Å². The molecule has 2 aromatic rings. The number of aliphatic hydroxyl groups is 1. The molecular weight excluding hydrogens is 396 g/mol. The quantitative estimate of drug-likeness (QED) is 0.656. The van der Waals surface area contributed by atoms with Crippen molar-refractivity contribution in [3.63, 3.8) is 0 Å². The summed E-state index contributed by atoms with van der Waals surface area (Å²) in [5.74, 6) is 2.24. The number of aliphatic hydroxyl groups excluding tert-OH is 1. The summed E-state index contributed by atoms with van der Waals surface area (Å²) in [7, 11) is 9.05. The second kappa shape index (κ2) is 10.8. The van der Waals surface area contributed by atoms with Crippen LogP contribution in [0.3, 0.4) is 0 Å². The van der Waals surface area contributed by atoms with Crippen LogP contribution in [0.4, 0.5) is 0 Å². The van der Waals surface area contributed by atoms with Crippen LogP contribution in [0.2, 0.25) is 0 Å². The Hall–Kier alpha value is -2.32. The summed E-state index contributed by atoms with van der Waals surface area (Å²) in [6.07, 6.45) is -0.314. The van der Waals surface area contributed by atoms with Crippen molar-refractivity contribution in [2.75, 3.05) is 55.2 Å². The molecular formula is C24H34N2O5. The van der Waals surface area contributed by atoms with Gasteiger partial charge in [-0.05, 0) is 49.5 Å². The predicted octanol–water partition coefficient (Wildman–Crippen LogP) is 2.71. The number of benzene rings is 2. The molecule has 1 aliphatic rings. The number of rotatable bonds is 9. The van der Waals surface area contributed by atoms with Gasteiger partial charge in [-0.15, -0.1) is 0 Å². The number of methoxy groups -OCH3 is 3. The summed E-state index contributed by atoms with van der Waals surface area (Å²) in [6, 6.07) is 12.1. The molecule has 1 saturated heterocycles. The maximum Gasteiger partial charge on any atom is 0.161 e. The fourth-order valence-electron chi connectivity index (χ4n) is 4.21. The molecule has 0 unspecified atom stereocenters. The van der Waals surface area contributed by atoms with Gasteiger partial charge in [-0.2, -0.15) is 0 Å². The third-order valence-corrected chi connectivity index (χ3v) is 5.60. The van der Waals surface area contributed by atoms with Gasteiger partial charge in [0, 0.05) is 25.2 Å². The zero-order valence-corrected chi connectivity index (χ0v) is 19.1. The number of ether oxygens (including phenoxy) is 4. The van der Waals surface area contributed by atoms with Crippen LogP contribution in [-0.4, -0.2) is 76.2 Å². The van der Waals surface area contributed by atoms with E-state index in [-0.39, 0.29) is 18.8 Å². The van der Waals surface area contributed by atoms with Crippen LogP contribution in [-0.2, 0) is 17.8 Å². The molecule has 0 saturated carbocycles. The van der Waals surface area contributed by atoms with Gasteiger partial charge in [0.15, 0.2) is 11.5 Å². The number of hydrogen-bond acceptors (Lipinski definition) is 7. The van der Waals surface area contributed by atoms with Crippen molar-refractivity contribution in [2.45, 2.75) is 25.2 Å². The van der Waals surface area contributed by atoms with Crippen LogP contribution in [0.25, 0.3) is 0 Å². The standard InChI is InChI=1S/C24H34N2O5/c1-25(2)15-19-12-17(6-8-20(19)28-3)14-26-10-11-31-23(16-27)24(26)18-7-9-21(29-4)22(13-18)30-5/h6-9,12-13,23-24,27H,10-11,14-16H2,1-5H3/t23-,24-/m1/s1. The highest BCUT2D eigenvalue weighted by atomic mass is 16.5. The van der Waals surface area contributed by atoms with Crippen LogP contribution in [0, 0.1) is 0 Å². The van der Waals surface area contributed by atoms with Gasteiger partial charge in [0.05, 0.1) is 40.6 Å². The SMILES string of the molecule is COc1ccc(CN2CCO[C@H](CO)[C@H]2c2ccc(OC)c(OC)c2)cc1CN(C)C. The average molecular weight is 431 g/mol. The Morgan fingerprint density at radius 2 is 1.71 bits per heavy atom. The first-order chi connectivity index (χ1) is 15.0. The second-order valence-electron chi connectivity index (χ2n) is 8.01. The lowest BCUT2D eigenvalue weighted by atomic mass is 9.96. The molecule has 0 aliphatic carbocycles. The minimum atomic E-state index is -0.314. The van der Waals surface area contributed by atoms with Gasteiger partial charge in [0.25, 0.3) is 0 Å². The molecule has 1 N–H and O–H groups in total. The van der Waals surface area contributed by atoms with Crippen molar-refractivity contribution >= 4 is 0 Å². The van der Waals surface area contributed by atoms with Crippen molar-refractivity contribution < 1.29 is 24.1 Å². The van der Waals surface area contributed by atoms with Crippen LogP contribution < -0.4 is 14.2 Å². The van der Waals surface area contributed by atoms with E-state index in [1.54, 1.807) is 21.3 Å². The molecule has 1 aliphatic heterocycles. The summed E-state index contributed by atoms with van der Waals surface area (Å²) >= 11 is 0. The normalized spacial score (nSPS) is 19.5. The summed E-state index contributed by atoms with van der Waals surface area (Å²) in [5, 5.41) is 10.0. The molecule has 7 nitrogen and oxygen atoms in total. The van der Waals surface area contributed by atoms with E-state index in [9.17, 15) is 5.11 Å². The van der Waals surface area contributed by atoms with Crippen LogP contribution in [0.5, 0.6) is 17.2 Å². The van der Waals surface area contributed by atoms with Crippen LogP contribution in [0.15, 0.2) is 36.4 Å². The molecule has 1 fully saturated rings. The Balaban J connectivity index is 1.92. The maximum absolute atomic E-state index is 10.0.